The molecule has 0 spiro atoms. The Labute approximate surface area is 122 Å². The number of methoxy groups -OCH3 is 1. The van der Waals surface area contributed by atoms with Gasteiger partial charge >= 0.3 is 6.03 Å². The molecule has 0 heterocycles. The number of amides is 3. The van der Waals surface area contributed by atoms with Crippen LogP contribution in [0.1, 0.15) is 12.5 Å². The van der Waals surface area contributed by atoms with E-state index in [1.165, 1.54) is 14.2 Å². The molecule has 110 valence electrons. The summed E-state index contributed by atoms with van der Waals surface area (Å²) in [4.78, 5) is 22.9. The summed E-state index contributed by atoms with van der Waals surface area (Å²) in [5.41, 5.74) is 1.49. The molecule has 6 nitrogen and oxygen atoms in total. The summed E-state index contributed by atoms with van der Waals surface area (Å²) in [6.07, 6.45) is 0. The van der Waals surface area contributed by atoms with Gasteiger partial charge in [-0.3, -0.25) is 10.1 Å². The smallest absolute Gasteiger partial charge is 0.321 e. The number of imide groups is 1. The van der Waals surface area contributed by atoms with Crippen LogP contribution in [0.4, 0.5) is 10.5 Å². The Kier molecular flexibility index (Phi) is 5.64. The summed E-state index contributed by atoms with van der Waals surface area (Å²) in [5.74, 6) is 0.0826. The number of hydrogen-bond acceptors (Lipinski definition) is 4. The van der Waals surface area contributed by atoms with Gasteiger partial charge in [-0.05, 0) is 25.5 Å². The highest BCUT2D eigenvalue weighted by Gasteiger charge is 2.17. The van der Waals surface area contributed by atoms with Crippen molar-refractivity contribution in [1.29, 1.82) is 0 Å². The fourth-order valence-electron chi connectivity index (χ4n) is 1.53. The van der Waals surface area contributed by atoms with Crippen molar-refractivity contribution in [3.63, 3.8) is 0 Å². The lowest BCUT2D eigenvalue weighted by Gasteiger charge is -2.17. The van der Waals surface area contributed by atoms with Crippen molar-refractivity contribution >= 4 is 29.2 Å². The van der Waals surface area contributed by atoms with E-state index in [1.807, 2.05) is 6.92 Å². The molecule has 3 N–H and O–H groups in total. The van der Waals surface area contributed by atoms with Gasteiger partial charge in [0.25, 0.3) is 0 Å². The molecule has 1 unspecified atom stereocenters. The largest absolute Gasteiger partial charge is 0.495 e. The van der Waals surface area contributed by atoms with E-state index in [2.05, 4.69) is 16.0 Å². The molecule has 0 saturated carbocycles. The maximum Gasteiger partial charge on any atom is 0.321 e. The summed E-state index contributed by atoms with van der Waals surface area (Å²) < 4.78 is 5.21. The van der Waals surface area contributed by atoms with Crippen molar-refractivity contribution < 1.29 is 14.3 Å². The second-order valence-electron chi connectivity index (χ2n) is 4.24. The zero-order valence-corrected chi connectivity index (χ0v) is 12.6. The van der Waals surface area contributed by atoms with Gasteiger partial charge in [0, 0.05) is 18.1 Å². The SMILES string of the molecule is CNC(=O)NC(=O)C(C)Nc1cc(C)c(Cl)cc1OC. The van der Waals surface area contributed by atoms with Crippen LogP contribution in [-0.2, 0) is 4.79 Å². The molecule has 7 heteroatoms. The van der Waals surface area contributed by atoms with Crippen molar-refractivity contribution in [1.82, 2.24) is 10.6 Å². The van der Waals surface area contributed by atoms with Gasteiger partial charge in [-0.1, -0.05) is 11.6 Å². The van der Waals surface area contributed by atoms with Crippen LogP contribution in [-0.4, -0.2) is 32.1 Å². The topological polar surface area (TPSA) is 79.5 Å². The van der Waals surface area contributed by atoms with Crippen LogP contribution in [0, 0.1) is 6.92 Å². The van der Waals surface area contributed by atoms with E-state index >= 15 is 0 Å². The van der Waals surface area contributed by atoms with Crippen molar-refractivity contribution in [2.75, 3.05) is 19.5 Å². The lowest BCUT2D eigenvalue weighted by molar-refractivity contribution is -0.120. The number of nitrogens with one attached hydrogen (secondary N) is 3. The first-order valence-electron chi connectivity index (χ1n) is 6.02. The van der Waals surface area contributed by atoms with E-state index in [0.717, 1.165) is 5.56 Å². The lowest BCUT2D eigenvalue weighted by Crippen LogP contribution is -2.44. The molecule has 0 aliphatic carbocycles. The fraction of sp³-hybridized carbons (Fsp3) is 0.385. The zero-order valence-electron chi connectivity index (χ0n) is 11.8. The summed E-state index contributed by atoms with van der Waals surface area (Å²) in [6.45, 7) is 3.49. The lowest BCUT2D eigenvalue weighted by atomic mass is 10.2. The standard InChI is InChI=1S/C13H18ClN3O3/c1-7-5-10(11(20-4)6-9(7)14)16-8(2)12(18)17-13(19)15-3/h5-6,8,16H,1-4H3,(H2,15,17,18,19). The van der Waals surface area contributed by atoms with Crippen LogP contribution in [0.5, 0.6) is 5.75 Å². The molecule has 1 aromatic rings. The molecule has 0 saturated heterocycles. The quantitative estimate of drug-likeness (QED) is 0.793. The van der Waals surface area contributed by atoms with Crippen molar-refractivity contribution in [3.8, 4) is 5.75 Å². The van der Waals surface area contributed by atoms with Gasteiger partial charge in [0.1, 0.15) is 11.8 Å². The average Bonchev–Trinajstić information content (AvgIpc) is 2.42. The highest BCUT2D eigenvalue weighted by Crippen LogP contribution is 2.31. The molecule has 0 radical (unpaired) electrons. The molecule has 0 bridgehead atoms. The number of carbonyl (C=O) groups excluding carboxylic acids is 2. The van der Waals surface area contributed by atoms with Crippen molar-refractivity contribution in [2.24, 2.45) is 0 Å². The van der Waals surface area contributed by atoms with Crippen LogP contribution >= 0.6 is 11.6 Å². The minimum Gasteiger partial charge on any atom is -0.495 e. The molecular weight excluding hydrogens is 282 g/mol. The maximum atomic E-state index is 11.8. The molecule has 0 aliphatic heterocycles. The molecule has 20 heavy (non-hydrogen) atoms. The first kappa shape index (κ1) is 16.1. The Bertz CT molecular complexity index is 520. The Balaban J connectivity index is 2.84. The Morgan fingerprint density at radius 1 is 1.35 bits per heavy atom. The van der Waals surface area contributed by atoms with Crippen LogP contribution in [0.15, 0.2) is 12.1 Å². The van der Waals surface area contributed by atoms with Gasteiger partial charge in [-0.15, -0.1) is 0 Å². The van der Waals surface area contributed by atoms with E-state index in [0.29, 0.717) is 16.5 Å². The van der Waals surface area contributed by atoms with Gasteiger partial charge in [0.15, 0.2) is 0 Å². The third kappa shape index (κ3) is 4.03. The molecular formula is C13H18ClN3O3. The number of anilines is 1. The molecule has 1 rings (SSSR count). The number of benzene rings is 1. The maximum absolute atomic E-state index is 11.8. The predicted molar refractivity (Wildman–Crippen MR) is 78.4 cm³/mol. The molecule has 1 atom stereocenters. The number of rotatable bonds is 4. The second kappa shape index (κ2) is 7.00. The Hall–Kier alpha value is -1.95. The summed E-state index contributed by atoms with van der Waals surface area (Å²) in [7, 11) is 2.95. The van der Waals surface area contributed by atoms with Crippen LogP contribution in [0.25, 0.3) is 0 Å². The van der Waals surface area contributed by atoms with Gasteiger partial charge < -0.3 is 15.4 Å². The van der Waals surface area contributed by atoms with E-state index in [1.54, 1.807) is 19.1 Å². The Morgan fingerprint density at radius 2 is 2.00 bits per heavy atom. The van der Waals surface area contributed by atoms with Crippen LogP contribution < -0.4 is 20.7 Å². The number of ether oxygens (including phenoxy) is 1. The predicted octanol–water partition coefficient (Wildman–Crippen LogP) is 1.91. The fourth-order valence-corrected chi connectivity index (χ4v) is 1.68. The monoisotopic (exact) mass is 299 g/mol. The summed E-state index contributed by atoms with van der Waals surface area (Å²) in [6, 6.07) is 2.29. The number of urea groups is 1. The third-order valence-corrected chi connectivity index (χ3v) is 3.12. The van der Waals surface area contributed by atoms with E-state index in [4.69, 9.17) is 16.3 Å². The van der Waals surface area contributed by atoms with Gasteiger partial charge in [0.2, 0.25) is 5.91 Å². The second-order valence-corrected chi connectivity index (χ2v) is 4.64. The van der Waals surface area contributed by atoms with E-state index in [9.17, 15) is 9.59 Å². The molecule has 0 fully saturated rings. The number of carbonyl (C=O) groups is 2. The van der Waals surface area contributed by atoms with Crippen molar-refractivity contribution in [3.05, 3.63) is 22.7 Å². The van der Waals surface area contributed by atoms with Crippen molar-refractivity contribution in [2.45, 2.75) is 19.9 Å². The normalized spacial score (nSPS) is 11.4. The third-order valence-electron chi connectivity index (χ3n) is 2.71. The van der Waals surface area contributed by atoms with Crippen LogP contribution in [0.3, 0.4) is 0 Å². The Morgan fingerprint density at radius 3 is 2.55 bits per heavy atom. The number of aryl methyl sites for hydroxylation is 1. The highest BCUT2D eigenvalue weighted by molar-refractivity contribution is 6.31. The molecule has 3 amide bonds. The van der Waals surface area contributed by atoms with Gasteiger partial charge in [0.05, 0.1) is 12.8 Å². The van der Waals surface area contributed by atoms with Gasteiger partial charge in [-0.2, -0.15) is 0 Å². The number of halogens is 1. The first-order chi connectivity index (χ1) is 9.38. The minimum absolute atomic E-state index is 0.445. The summed E-state index contributed by atoms with van der Waals surface area (Å²) in [5, 5.41) is 8.07. The molecule has 0 aliphatic rings. The first-order valence-corrected chi connectivity index (χ1v) is 6.40. The summed E-state index contributed by atoms with van der Waals surface area (Å²) >= 11 is 6.01. The van der Waals surface area contributed by atoms with E-state index < -0.39 is 18.0 Å². The average molecular weight is 300 g/mol. The minimum atomic E-state index is -0.609. The zero-order chi connectivity index (χ0) is 15.3. The molecule has 1 aromatic carbocycles. The van der Waals surface area contributed by atoms with Crippen LogP contribution in [0.2, 0.25) is 5.02 Å². The van der Waals surface area contributed by atoms with Gasteiger partial charge in [-0.25, -0.2) is 4.79 Å². The number of hydrogen-bond donors (Lipinski definition) is 3. The van der Waals surface area contributed by atoms with E-state index in [-0.39, 0.29) is 0 Å². The molecule has 0 aromatic heterocycles. The highest BCUT2D eigenvalue weighted by atomic mass is 35.5.